The zero-order valence-electron chi connectivity index (χ0n) is 14.0. The van der Waals surface area contributed by atoms with Crippen molar-refractivity contribution in [2.45, 2.75) is 0 Å². The van der Waals surface area contributed by atoms with Crippen molar-refractivity contribution >= 4 is 45.9 Å². The second kappa shape index (κ2) is 8.40. The summed E-state index contributed by atoms with van der Waals surface area (Å²) in [7, 11) is 3.19. The molecule has 0 fully saturated rings. The van der Waals surface area contributed by atoms with Crippen LogP contribution < -0.4 is 14.9 Å². The van der Waals surface area contributed by atoms with Crippen LogP contribution in [0.1, 0.15) is 5.56 Å². The first kappa shape index (κ1) is 18.5. The minimum atomic E-state index is 0.558. The lowest BCUT2D eigenvalue weighted by Crippen LogP contribution is -1.94. The molecule has 0 radical (unpaired) electrons. The molecule has 26 heavy (non-hydrogen) atoms. The summed E-state index contributed by atoms with van der Waals surface area (Å²) in [6.45, 7) is 0. The van der Waals surface area contributed by atoms with E-state index in [-0.39, 0.29) is 0 Å². The van der Waals surface area contributed by atoms with Gasteiger partial charge in [-0.2, -0.15) is 5.10 Å². The molecule has 0 aliphatic rings. The molecular weight excluding hydrogens is 393 g/mol. The van der Waals surface area contributed by atoms with Crippen molar-refractivity contribution in [3.63, 3.8) is 0 Å². The number of halogens is 2. The molecule has 1 heterocycles. The maximum Gasteiger partial charge on any atom is 0.203 e. The molecule has 5 nitrogen and oxygen atoms in total. The van der Waals surface area contributed by atoms with Gasteiger partial charge >= 0.3 is 0 Å². The molecule has 0 aliphatic carbocycles. The third kappa shape index (κ3) is 4.27. The van der Waals surface area contributed by atoms with E-state index < -0.39 is 0 Å². The van der Waals surface area contributed by atoms with Gasteiger partial charge in [0.2, 0.25) is 5.13 Å². The number of hydrazone groups is 1. The van der Waals surface area contributed by atoms with Gasteiger partial charge in [-0.05, 0) is 42.0 Å². The Kier molecular flexibility index (Phi) is 5.98. The highest BCUT2D eigenvalue weighted by atomic mass is 35.5. The summed E-state index contributed by atoms with van der Waals surface area (Å²) in [6.07, 6.45) is 1.68. The first-order valence-electron chi connectivity index (χ1n) is 7.52. The van der Waals surface area contributed by atoms with Gasteiger partial charge in [-0.1, -0.05) is 23.2 Å². The number of rotatable bonds is 6. The van der Waals surface area contributed by atoms with E-state index in [9.17, 15) is 0 Å². The Labute approximate surface area is 165 Å². The van der Waals surface area contributed by atoms with E-state index in [1.165, 1.54) is 11.3 Å². The number of thiazole rings is 1. The number of nitrogens with zero attached hydrogens (tertiary/aromatic N) is 2. The van der Waals surface area contributed by atoms with Gasteiger partial charge in [-0.3, -0.25) is 5.43 Å². The van der Waals surface area contributed by atoms with E-state index in [4.69, 9.17) is 32.7 Å². The van der Waals surface area contributed by atoms with Crippen molar-refractivity contribution < 1.29 is 9.47 Å². The van der Waals surface area contributed by atoms with Crippen molar-refractivity contribution in [3.05, 3.63) is 57.4 Å². The van der Waals surface area contributed by atoms with Crippen LogP contribution >= 0.6 is 34.5 Å². The molecule has 0 saturated heterocycles. The van der Waals surface area contributed by atoms with Crippen LogP contribution in [-0.4, -0.2) is 25.4 Å². The molecule has 0 saturated carbocycles. The van der Waals surface area contributed by atoms with Gasteiger partial charge in [0, 0.05) is 16.0 Å². The average molecular weight is 408 g/mol. The van der Waals surface area contributed by atoms with Gasteiger partial charge in [-0.15, -0.1) is 11.3 Å². The highest BCUT2D eigenvalue weighted by Crippen LogP contribution is 2.32. The van der Waals surface area contributed by atoms with Crippen LogP contribution in [-0.2, 0) is 0 Å². The number of nitrogens with one attached hydrogen (secondary N) is 1. The normalized spacial score (nSPS) is 10.9. The van der Waals surface area contributed by atoms with Crippen LogP contribution in [0, 0.1) is 0 Å². The molecule has 3 aromatic rings. The minimum Gasteiger partial charge on any atom is -0.493 e. The maximum atomic E-state index is 6.22. The molecule has 0 unspecified atom stereocenters. The molecule has 0 bridgehead atoms. The van der Waals surface area contributed by atoms with Gasteiger partial charge in [0.25, 0.3) is 0 Å². The van der Waals surface area contributed by atoms with Gasteiger partial charge in [-0.25, -0.2) is 4.98 Å². The largest absolute Gasteiger partial charge is 0.493 e. The van der Waals surface area contributed by atoms with Crippen LogP contribution in [0.4, 0.5) is 5.13 Å². The molecule has 0 aliphatic heterocycles. The first-order chi connectivity index (χ1) is 12.6. The third-order valence-electron chi connectivity index (χ3n) is 3.49. The lowest BCUT2D eigenvalue weighted by Gasteiger charge is -2.07. The molecule has 0 atom stereocenters. The highest BCUT2D eigenvalue weighted by Gasteiger charge is 2.08. The second-order valence-corrected chi connectivity index (χ2v) is 6.85. The summed E-state index contributed by atoms with van der Waals surface area (Å²) in [6, 6.07) is 10.9. The molecule has 1 N–H and O–H groups in total. The summed E-state index contributed by atoms with van der Waals surface area (Å²) in [5.41, 5.74) is 5.37. The molecular formula is C18H15Cl2N3O2S. The van der Waals surface area contributed by atoms with Crippen LogP contribution in [0.2, 0.25) is 10.0 Å². The number of aromatic nitrogens is 1. The van der Waals surface area contributed by atoms with E-state index in [1.54, 1.807) is 32.6 Å². The standard InChI is InChI=1S/C18H15Cl2N3O2S/c1-24-16-6-3-11(7-17(16)25-2)9-21-23-18-22-15(10-26-18)13-5-4-12(19)8-14(13)20/h3-10H,1-2H3,(H,22,23). The molecule has 8 heteroatoms. The van der Waals surface area contributed by atoms with E-state index in [1.807, 2.05) is 29.6 Å². The Morgan fingerprint density at radius 3 is 2.62 bits per heavy atom. The molecule has 0 amide bonds. The van der Waals surface area contributed by atoms with Crippen LogP contribution in [0.5, 0.6) is 11.5 Å². The number of ether oxygens (including phenoxy) is 2. The Morgan fingerprint density at radius 2 is 1.88 bits per heavy atom. The van der Waals surface area contributed by atoms with E-state index in [0.29, 0.717) is 26.7 Å². The Hall–Kier alpha value is -2.28. The summed E-state index contributed by atoms with van der Waals surface area (Å²) in [5.74, 6) is 1.31. The summed E-state index contributed by atoms with van der Waals surface area (Å²) in [5, 5.41) is 7.92. The smallest absolute Gasteiger partial charge is 0.203 e. The van der Waals surface area contributed by atoms with Crippen LogP contribution in [0.3, 0.4) is 0 Å². The lowest BCUT2D eigenvalue weighted by atomic mass is 10.2. The van der Waals surface area contributed by atoms with E-state index in [0.717, 1.165) is 16.8 Å². The van der Waals surface area contributed by atoms with Crippen molar-refractivity contribution in [2.24, 2.45) is 5.10 Å². The van der Waals surface area contributed by atoms with Gasteiger partial charge < -0.3 is 9.47 Å². The van der Waals surface area contributed by atoms with E-state index in [2.05, 4.69) is 15.5 Å². The molecule has 0 spiro atoms. The van der Waals surface area contributed by atoms with Crippen molar-refractivity contribution in [3.8, 4) is 22.8 Å². The van der Waals surface area contributed by atoms with Gasteiger partial charge in [0.05, 0.1) is 31.2 Å². The second-order valence-electron chi connectivity index (χ2n) is 5.15. The van der Waals surface area contributed by atoms with E-state index >= 15 is 0 Å². The monoisotopic (exact) mass is 407 g/mol. The summed E-state index contributed by atoms with van der Waals surface area (Å²) >= 11 is 13.6. The first-order valence-corrected chi connectivity index (χ1v) is 9.16. The predicted molar refractivity (Wildman–Crippen MR) is 108 cm³/mol. The van der Waals surface area contributed by atoms with Crippen molar-refractivity contribution in [2.75, 3.05) is 19.6 Å². The Morgan fingerprint density at radius 1 is 1.08 bits per heavy atom. The fourth-order valence-electron chi connectivity index (χ4n) is 2.24. The van der Waals surface area contributed by atoms with Crippen molar-refractivity contribution in [1.82, 2.24) is 4.98 Å². The molecule has 134 valence electrons. The highest BCUT2D eigenvalue weighted by molar-refractivity contribution is 7.14. The predicted octanol–water partition coefficient (Wildman–Crippen LogP) is 5.58. The zero-order valence-corrected chi connectivity index (χ0v) is 16.3. The summed E-state index contributed by atoms with van der Waals surface area (Å²) < 4.78 is 10.5. The fraction of sp³-hybridized carbons (Fsp3) is 0.111. The molecule has 1 aromatic heterocycles. The molecule has 2 aromatic carbocycles. The Bertz CT molecular complexity index is 944. The topological polar surface area (TPSA) is 55.7 Å². The quantitative estimate of drug-likeness (QED) is 0.427. The van der Waals surface area contributed by atoms with Gasteiger partial charge in [0.15, 0.2) is 11.5 Å². The third-order valence-corrected chi connectivity index (χ3v) is 4.79. The summed E-state index contributed by atoms with van der Waals surface area (Å²) in [4.78, 5) is 4.48. The number of methoxy groups -OCH3 is 2. The number of hydrogen-bond donors (Lipinski definition) is 1. The zero-order chi connectivity index (χ0) is 18.5. The van der Waals surface area contributed by atoms with Crippen LogP contribution in [0.25, 0.3) is 11.3 Å². The van der Waals surface area contributed by atoms with Crippen LogP contribution in [0.15, 0.2) is 46.9 Å². The minimum absolute atomic E-state index is 0.558. The van der Waals surface area contributed by atoms with Crippen molar-refractivity contribution in [1.29, 1.82) is 0 Å². The molecule has 3 rings (SSSR count). The number of anilines is 1. The maximum absolute atomic E-state index is 6.22. The average Bonchev–Trinajstić information content (AvgIpc) is 3.10. The van der Waals surface area contributed by atoms with Gasteiger partial charge in [0.1, 0.15) is 0 Å². The Balaban J connectivity index is 1.71. The SMILES string of the molecule is COc1ccc(C=NNc2nc(-c3ccc(Cl)cc3Cl)cs2)cc1OC. The number of hydrogen-bond acceptors (Lipinski definition) is 6. The lowest BCUT2D eigenvalue weighted by molar-refractivity contribution is 0.355. The fourth-order valence-corrected chi connectivity index (χ4v) is 3.41. The number of benzene rings is 2.